The Bertz CT molecular complexity index is 657. The molecule has 1 atom stereocenters. The van der Waals surface area contributed by atoms with Crippen LogP contribution in [0.15, 0.2) is 18.9 Å². The van der Waals surface area contributed by atoms with Gasteiger partial charge in [0.15, 0.2) is 6.23 Å². The summed E-state index contributed by atoms with van der Waals surface area (Å²) in [6, 6.07) is 0. The summed E-state index contributed by atoms with van der Waals surface area (Å²) in [7, 11) is -0.473. The minimum atomic E-state index is -0.473. The molecular weight excluding hydrogens is 339 g/mol. The Morgan fingerprint density at radius 2 is 1.85 bits per heavy atom. The summed E-state index contributed by atoms with van der Waals surface area (Å²) in [5.41, 5.74) is 1.97. The van der Waals surface area contributed by atoms with Gasteiger partial charge in [0.25, 0.3) is 0 Å². The Balaban J connectivity index is 0.00000126. The third-order valence-corrected chi connectivity index (χ3v) is 5.47. The number of rotatable bonds is 4. The first kappa shape index (κ1) is 21.9. The fourth-order valence-corrected chi connectivity index (χ4v) is 3.20. The summed E-state index contributed by atoms with van der Waals surface area (Å²) < 4.78 is 20.2. The first-order valence-electron chi connectivity index (χ1n) is 10.1. The van der Waals surface area contributed by atoms with Crippen molar-refractivity contribution in [2.75, 3.05) is 6.61 Å². The average molecular weight is 374 g/mol. The molecule has 27 heavy (non-hydrogen) atoms. The molecule has 150 valence electrons. The minimum Gasteiger partial charge on any atom is -0.399 e. The van der Waals surface area contributed by atoms with Crippen molar-refractivity contribution in [3.8, 4) is 0 Å². The van der Waals surface area contributed by atoms with Crippen molar-refractivity contribution in [3.05, 3.63) is 30.1 Å². The van der Waals surface area contributed by atoms with Crippen LogP contribution in [0.5, 0.6) is 0 Å². The molecule has 1 unspecified atom stereocenters. The molecule has 0 saturated carbocycles. The van der Waals surface area contributed by atoms with E-state index in [0.717, 1.165) is 42.6 Å². The standard InChI is InChI=1S/C19H29BN2O3.C2H6/c1-7-10-16-15(13-21-22(16)17-11-8-9-12-23-17)14(2)20-24-18(3,4)19(5,6)25-20;1-2/h7,10,13,17H,2,8-9,11-12H2,1,3-6H3;1-2H3/b10-7+;. The van der Waals surface area contributed by atoms with Crippen LogP contribution in [0.2, 0.25) is 0 Å². The molecule has 0 N–H and O–H groups in total. The molecule has 3 rings (SSSR count). The van der Waals surface area contributed by atoms with Crippen molar-refractivity contribution >= 4 is 18.7 Å². The van der Waals surface area contributed by atoms with Crippen LogP contribution in [-0.4, -0.2) is 34.7 Å². The van der Waals surface area contributed by atoms with E-state index in [9.17, 15) is 0 Å². The molecule has 0 aliphatic carbocycles. The van der Waals surface area contributed by atoms with Crippen molar-refractivity contribution in [1.82, 2.24) is 9.78 Å². The maximum Gasteiger partial charge on any atom is 0.494 e. The van der Waals surface area contributed by atoms with Crippen LogP contribution in [0.4, 0.5) is 0 Å². The molecule has 1 aromatic rings. The molecular formula is C21H35BN2O3. The lowest BCUT2D eigenvalue weighted by Crippen LogP contribution is -2.41. The van der Waals surface area contributed by atoms with E-state index in [0.29, 0.717) is 0 Å². The van der Waals surface area contributed by atoms with Gasteiger partial charge >= 0.3 is 7.12 Å². The molecule has 0 amide bonds. The van der Waals surface area contributed by atoms with Crippen LogP contribution in [0.1, 0.15) is 85.2 Å². The third kappa shape index (κ3) is 4.39. The molecule has 5 nitrogen and oxygen atoms in total. The van der Waals surface area contributed by atoms with Crippen LogP contribution < -0.4 is 0 Å². The maximum absolute atomic E-state index is 6.15. The zero-order valence-electron chi connectivity index (χ0n) is 18.0. The molecule has 0 bridgehead atoms. The largest absolute Gasteiger partial charge is 0.494 e. The van der Waals surface area contributed by atoms with Crippen molar-refractivity contribution in [2.24, 2.45) is 0 Å². The van der Waals surface area contributed by atoms with E-state index in [-0.39, 0.29) is 17.4 Å². The summed E-state index contributed by atoms with van der Waals surface area (Å²) in [4.78, 5) is 0. The van der Waals surface area contributed by atoms with Crippen LogP contribution >= 0.6 is 0 Å². The average Bonchev–Trinajstić information content (AvgIpc) is 3.15. The van der Waals surface area contributed by atoms with Gasteiger partial charge in [-0.25, -0.2) is 4.68 Å². The summed E-state index contributed by atoms with van der Waals surface area (Å²) in [6.45, 7) is 19.2. The lowest BCUT2D eigenvalue weighted by Gasteiger charge is -2.32. The Kier molecular flexibility index (Phi) is 7.11. The highest BCUT2D eigenvalue weighted by Crippen LogP contribution is 2.41. The van der Waals surface area contributed by atoms with E-state index < -0.39 is 7.12 Å². The van der Waals surface area contributed by atoms with E-state index in [4.69, 9.17) is 14.0 Å². The zero-order valence-corrected chi connectivity index (χ0v) is 18.0. The van der Waals surface area contributed by atoms with Gasteiger partial charge < -0.3 is 14.0 Å². The van der Waals surface area contributed by atoms with E-state index in [1.807, 2.05) is 65.4 Å². The van der Waals surface area contributed by atoms with E-state index in [1.54, 1.807) is 0 Å². The summed E-state index contributed by atoms with van der Waals surface area (Å²) in [5.74, 6) is 0. The highest BCUT2D eigenvalue weighted by molar-refractivity contribution is 6.68. The summed E-state index contributed by atoms with van der Waals surface area (Å²) in [5, 5.41) is 4.59. The predicted molar refractivity (Wildman–Crippen MR) is 112 cm³/mol. The lowest BCUT2D eigenvalue weighted by atomic mass is 9.75. The van der Waals surface area contributed by atoms with Crippen molar-refractivity contribution in [3.63, 3.8) is 0 Å². The lowest BCUT2D eigenvalue weighted by molar-refractivity contribution is -0.0398. The van der Waals surface area contributed by atoms with Crippen molar-refractivity contribution in [1.29, 1.82) is 0 Å². The predicted octanol–water partition coefficient (Wildman–Crippen LogP) is 5.29. The molecule has 2 aliphatic rings. The van der Waals surface area contributed by atoms with Crippen molar-refractivity contribution < 1.29 is 14.0 Å². The monoisotopic (exact) mass is 374 g/mol. The van der Waals surface area contributed by atoms with Gasteiger partial charge in [-0.2, -0.15) is 5.10 Å². The molecule has 2 aliphatic heterocycles. The van der Waals surface area contributed by atoms with Gasteiger partial charge in [-0.1, -0.05) is 26.5 Å². The molecule has 0 aromatic carbocycles. The van der Waals surface area contributed by atoms with Gasteiger partial charge in [0.2, 0.25) is 0 Å². The maximum atomic E-state index is 6.15. The first-order valence-corrected chi connectivity index (χ1v) is 10.1. The number of hydrogen-bond donors (Lipinski definition) is 0. The van der Waals surface area contributed by atoms with Gasteiger partial charge in [0.1, 0.15) is 0 Å². The second-order valence-corrected chi connectivity index (χ2v) is 7.82. The van der Waals surface area contributed by atoms with Crippen molar-refractivity contribution in [2.45, 2.75) is 85.2 Å². The Hall–Kier alpha value is -1.37. The number of aromatic nitrogens is 2. The fourth-order valence-electron chi connectivity index (χ4n) is 3.20. The fraction of sp³-hybridized carbons (Fsp3) is 0.667. The van der Waals surface area contributed by atoms with Gasteiger partial charge in [0, 0.05) is 12.2 Å². The van der Waals surface area contributed by atoms with Gasteiger partial charge in [-0.15, -0.1) is 0 Å². The Labute approximate surface area is 164 Å². The highest BCUT2D eigenvalue weighted by Gasteiger charge is 2.52. The molecule has 0 radical (unpaired) electrons. The molecule has 2 saturated heterocycles. The quantitative estimate of drug-likeness (QED) is 0.672. The number of allylic oxidation sites excluding steroid dienone is 1. The molecule has 6 heteroatoms. The van der Waals surface area contributed by atoms with Gasteiger partial charge in [-0.05, 0) is 65.4 Å². The highest BCUT2D eigenvalue weighted by atomic mass is 16.7. The van der Waals surface area contributed by atoms with E-state index in [2.05, 4.69) is 17.8 Å². The van der Waals surface area contributed by atoms with Crippen LogP contribution in [0.3, 0.4) is 0 Å². The third-order valence-electron chi connectivity index (χ3n) is 5.47. The molecule has 3 heterocycles. The first-order chi connectivity index (χ1) is 12.8. The second-order valence-electron chi connectivity index (χ2n) is 7.82. The summed E-state index contributed by atoms with van der Waals surface area (Å²) >= 11 is 0. The van der Waals surface area contributed by atoms with Gasteiger partial charge in [-0.3, -0.25) is 0 Å². The Morgan fingerprint density at radius 1 is 1.22 bits per heavy atom. The molecule has 0 spiro atoms. The number of hydrogen-bond acceptors (Lipinski definition) is 4. The number of nitrogens with zero attached hydrogens (tertiary/aromatic N) is 2. The second kappa shape index (κ2) is 8.76. The normalized spacial score (nSPS) is 24.0. The van der Waals surface area contributed by atoms with Crippen LogP contribution in [0, 0.1) is 0 Å². The van der Waals surface area contributed by atoms with Crippen LogP contribution in [-0.2, 0) is 14.0 Å². The molecule has 1 aromatic heterocycles. The number of ether oxygens (including phenoxy) is 1. The smallest absolute Gasteiger partial charge is 0.399 e. The Morgan fingerprint density at radius 3 is 2.37 bits per heavy atom. The van der Waals surface area contributed by atoms with E-state index >= 15 is 0 Å². The minimum absolute atomic E-state index is 0.0141. The van der Waals surface area contributed by atoms with E-state index in [1.165, 1.54) is 0 Å². The topological polar surface area (TPSA) is 45.5 Å². The zero-order chi connectivity index (χ0) is 20.2. The summed E-state index contributed by atoms with van der Waals surface area (Å²) in [6.07, 6.45) is 9.15. The van der Waals surface area contributed by atoms with Crippen LogP contribution in [0.25, 0.3) is 11.5 Å². The van der Waals surface area contributed by atoms with Gasteiger partial charge in [0.05, 0.1) is 23.1 Å². The SMILES string of the molecule is C=C(B1OC(C)(C)C(C)(C)O1)c1cnn(C2CCCCO2)c1/C=C/C.CC. The molecule has 2 fully saturated rings.